The molecule has 0 aliphatic heterocycles. The van der Waals surface area contributed by atoms with E-state index in [4.69, 9.17) is 0 Å². The molecule has 0 unspecified atom stereocenters. The van der Waals surface area contributed by atoms with Crippen molar-refractivity contribution in [3.05, 3.63) is 23.3 Å². The van der Waals surface area contributed by atoms with E-state index in [9.17, 15) is 5.11 Å². The Morgan fingerprint density at radius 3 is 1.75 bits per heavy atom. The Kier molecular flexibility index (Phi) is 4.78. The van der Waals surface area contributed by atoms with Gasteiger partial charge in [0, 0.05) is 18.7 Å². The van der Waals surface area contributed by atoms with E-state index in [1.807, 2.05) is 0 Å². The zero-order chi connectivity index (χ0) is 15.7. The molecule has 20 heavy (non-hydrogen) atoms. The Morgan fingerprint density at radius 1 is 0.900 bits per heavy atom. The highest BCUT2D eigenvalue weighted by molar-refractivity contribution is 5.65. The summed E-state index contributed by atoms with van der Waals surface area (Å²) in [5.74, 6) is 0.439. The van der Waals surface area contributed by atoms with E-state index < -0.39 is 0 Å². The first kappa shape index (κ1) is 16.9. The minimum absolute atomic E-state index is 0.0623. The Morgan fingerprint density at radius 2 is 1.40 bits per heavy atom. The van der Waals surface area contributed by atoms with Gasteiger partial charge in [-0.1, -0.05) is 47.6 Å². The third-order valence-electron chi connectivity index (χ3n) is 3.87. The van der Waals surface area contributed by atoms with Gasteiger partial charge in [-0.3, -0.25) is 0 Å². The Hall–Kier alpha value is -1.18. The second-order valence-electron chi connectivity index (χ2n) is 7.56. The molecule has 0 saturated carbocycles. The SMILES string of the molecule is CCN(CC)c1cc(C(C)(C)C)cc(C(C)(C)C)c1O. The molecular weight excluding hydrogens is 246 g/mol. The van der Waals surface area contributed by atoms with Crippen molar-refractivity contribution < 1.29 is 5.11 Å². The molecule has 114 valence electrons. The van der Waals surface area contributed by atoms with Crippen molar-refractivity contribution >= 4 is 5.69 Å². The molecule has 0 amide bonds. The summed E-state index contributed by atoms with van der Waals surface area (Å²) in [6.07, 6.45) is 0. The lowest BCUT2D eigenvalue weighted by molar-refractivity contribution is 0.444. The van der Waals surface area contributed by atoms with E-state index in [1.54, 1.807) is 0 Å². The average molecular weight is 277 g/mol. The third kappa shape index (κ3) is 3.47. The lowest BCUT2D eigenvalue weighted by Gasteiger charge is -2.31. The first-order valence-corrected chi connectivity index (χ1v) is 7.65. The molecule has 0 bridgehead atoms. The van der Waals surface area contributed by atoms with Gasteiger partial charge >= 0.3 is 0 Å². The number of phenols is 1. The lowest BCUT2D eigenvalue weighted by atomic mass is 9.79. The highest BCUT2D eigenvalue weighted by Crippen LogP contribution is 2.41. The van der Waals surface area contributed by atoms with Crippen molar-refractivity contribution in [2.45, 2.75) is 66.2 Å². The van der Waals surface area contributed by atoms with Crippen LogP contribution >= 0.6 is 0 Å². The third-order valence-corrected chi connectivity index (χ3v) is 3.87. The van der Waals surface area contributed by atoms with Crippen molar-refractivity contribution in [3.8, 4) is 5.75 Å². The van der Waals surface area contributed by atoms with Crippen LogP contribution in [0.2, 0.25) is 0 Å². The van der Waals surface area contributed by atoms with Crippen LogP contribution in [0.25, 0.3) is 0 Å². The molecule has 0 saturated heterocycles. The fraction of sp³-hybridized carbons (Fsp3) is 0.667. The molecule has 1 rings (SSSR count). The van der Waals surface area contributed by atoms with Crippen molar-refractivity contribution in [1.82, 2.24) is 0 Å². The summed E-state index contributed by atoms with van der Waals surface area (Å²) in [4.78, 5) is 2.22. The van der Waals surface area contributed by atoms with Crippen LogP contribution in [0.4, 0.5) is 5.69 Å². The zero-order valence-corrected chi connectivity index (χ0v) is 14.5. The fourth-order valence-corrected chi connectivity index (χ4v) is 2.43. The highest BCUT2D eigenvalue weighted by Gasteiger charge is 2.26. The number of hydrogen-bond acceptors (Lipinski definition) is 2. The molecule has 0 heterocycles. The molecular formula is C18H31NO. The normalized spacial score (nSPS) is 12.6. The van der Waals surface area contributed by atoms with Gasteiger partial charge in [0.05, 0.1) is 5.69 Å². The zero-order valence-electron chi connectivity index (χ0n) is 14.5. The average Bonchev–Trinajstić information content (AvgIpc) is 2.29. The van der Waals surface area contributed by atoms with Gasteiger partial charge in [-0.15, -0.1) is 0 Å². The molecule has 0 atom stereocenters. The van der Waals surface area contributed by atoms with Crippen molar-refractivity contribution in [2.75, 3.05) is 18.0 Å². The van der Waals surface area contributed by atoms with Gasteiger partial charge in [0.2, 0.25) is 0 Å². The molecule has 1 aromatic carbocycles. The van der Waals surface area contributed by atoms with Crippen molar-refractivity contribution in [2.24, 2.45) is 0 Å². The summed E-state index contributed by atoms with van der Waals surface area (Å²) < 4.78 is 0. The van der Waals surface area contributed by atoms with Crippen LogP contribution in [-0.2, 0) is 10.8 Å². The lowest BCUT2D eigenvalue weighted by Crippen LogP contribution is -2.25. The molecule has 0 spiro atoms. The summed E-state index contributed by atoms with van der Waals surface area (Å²) >= 11 is 0. The van der Waals surface area contributed by atoms with Gasteiger partial charge in [0.1, 0.15) is 5.75 Å². The topological polar surface area (TPSA) is 23.5 Å². The molecule has 0 fully saturated rings. The molecule has 2 nitrogen and oxygen atoms in total. The predicted octanol–water partition coefficient (Wildman–Crippen LogP) is 4.83. The number of hydrogen-bond donors (Lipinski definition) is 1. The minimum atomic E-state index is -0.0623. The molecule has 0 radical (unpaired) electrons. The number of benzene rings is 1. The highest BCUT2D eigenvalue weighted by atomic mass is 16.3. The molecule has 2 heteroatoms. The van der Waals surface area contributed by atoms with E-state index in [2.05, 4.69) is 72.4 Å². The number of aromatic hydroxyl groups is 1. The van der Waals surface area contributed by atoms with E-state index in [0.29, 0.717) is 5.75 Å². The van der Waals surface area contributed by atoms with Crippen molar-refractivity contribution in [3.63, 3.8) is 0 Å². The summed E-state index contributed by atoms with van der Waals surface area (Å²) in [5, 5.41) is 10.7. The summed E-state index contributed by atoms with van der Waals surface area (Å²) in [5.41, 5.74) is 3.30. The molecule has 0 aliphatic carbocycles. The van der Waals surface area contributed by atoms with E-state index in [0.717, 1.165) is 24.3 Å². The summed E-state index contributed by atoms with van der Waals surface area (Å²) in [6.45, 7) is 19.2. The predicted molar refractivity (Wildman–Crippen MR) is 89.1 cm³/mol. The Bertz CT molecular complexity index is 460. The van der Waals surface area contributed by atoms with Crippen LogP contribution in [-0.4, -0.2) is 18.2 Å². The van der Waals surface area contributed by atoms with Crippen LogP contribution < -0.4 is 4.90 Å². The van der Waals surface area contributed by atoms with Gasteiger partial charge < -0.3 is 10.0 Å². The summed E-state index contributed by atoms with van der Waals surface area (Å²) in [7, 11) is 0. The maximum absolute atomic E-state index is 10.7. The first-order chi connectivity index (χ1) is 9.02. The molecule has 0 aliphatic rings. The second-order valence-corrected chi connectivity index (χ2v) is 7.56. The maximum atomic E-state index is 10.7. The standard InChI is InChI=1S/C18H31NO/c1-9-19(10-2)15-12-13(17(3,4)5)11-14(16(15)20)18(6,7)8/h11-12,20H,9-10H2,1-8H3. The number of rotatable bonds is 3. The molecule has 1 N–H and O–H groups in total. The van der Waals surface area contributed by atoms with Gasteiger partial charge in [-0.2, -0.15) is 0 Å². The van der Waals surface area contributed by atoms with Gasteiger partial charge in [0.15, 0.2) is 0 Å². The van der Waals surface area contributed by atoms with Gasteiger partial charge in [0.25, 0.3) is 0 Å². The van der Waals surface area contributed by atoms with E-state index in [-0.39, 0.29) is 10.8 Å². The van der Waals surface area contributed by atoms with Crippen LogP contribution in [0.5, 0.6) is 5.75 Å². The van der Waals surface area contributed by atoms with Gasteiger partial charge in [-0.05, 0) is 36.3 Å². The minimum Gasteiger partial charge on any atom is -0.505 e. The number of nitrogens with zero attached hydrogens (tertiary/aromatic N) is 1. The van der Waals surface area contributed by atoms with Crippen LogP contribution in [0.3, 0.4) is 0 Å². The van der Waals surface area contributed by atoms with Crippen LogP contribution in [0.1, 0.15) is 66.5 Å². The maximum Gasteiger partial charge on any atom is 0.142 e. The van der Waals surface area contributed by atoms with Crippen LogP contribution in [0, 0.1) is 0 Å². The molecule has 1 aromatic rings. The van der Waals surface area contributed by atoms with E-state index in [1.165, 1.54) is 5.56 Å². The summed E-state index contributed by atoms with van der Waals surface area (Å²) in [6, 6.07) is 4.32. The largest absolute Gasteiger partial charge is 0.505 e. The van der Waals surface area contributed by atoms with Gasteiger partial charge in [-0.25, -0.2) is 0 Å². The van der Waals surface area contributed by atoms with E-state index >= 15 is 0 Å². The second kappa shape index (κ2) is 5.67. The Labute approximate surface area is 124 Å². The number of anilines is 1. The Balaban J connectivity index is 3.59. The number of phenolic OH excluding ortho intramolecular Hbond substituents is 1. The van der Waals surface area contributed by atoms with Crippen molar-refractivity contribution in [1.29, 1.82) is 0 Å². The smallest absolute Gasteiger partial charge is 0.142 e. The quantitative estimate of drug-likeness (QED) is 0.855. The monoisotopic (exact) mass is 277 g/mol. The first-order valence-electron chi connectivity index (χ1n) is 7.65. The fourth-order valence-electron chi connectivity index (χ4n) is 2.43. The molecule has 0 aromatic heterocycles. The van der Waals surface area contributed by atoms with Crippen LogP contribution in [0.15, 0.2) is 12.1 Å².